The lowest BCUT2D eigenvalue weighted by Gasteiger charge is -2.26. The Morgan fingerprint density at radius 3 is 3.16 bits per heavy atom. The van der Waals surface area contributed by atoms with Crippen LogP contribution in [0.1, 0.15) is 25.7 Å². The summed E-state index contributed by atoms with van der Waals surface area (Å²) in [5.41, 5.74) is 8.09. The number of hydrogen-bond donors (Lipinski definition) is 2. The summed E-state index contributed by atoms with van der Waals surface area (Å²) in [6.45, 7) is 0.941. The molecule has 5 nitrogen and oxygen atoms in total. The standard InChI is InChI=1S/C14H21N5/c1-19-9-18-13-12(19)5-6-16-14(13)17-8-10-3-2-4-11(15)7-10/h5-6,9-11H,2-4,7-8,15H2,1H3,(H,16,17). The van der Waals surface area contributed by atoms with E-state index in [4.69, 9.17) is 5.73 Å². The van der Waals surface area contributed by atoms with Gasteiger partial charge >= 0.3 is 0 Å². The summed E-state index contributed by atoms with van der Waals surface area (Å²) in [4.78, 5) is 8.82. The lowest BCUT2D eigenvalue weighted by atomic mass is 9.86. The van der Waals surface area contributed by atoms with Crippen molar-refractivity contribution in [3.8, 4) is 0 Å². The minimum atomic E-state index is 0.374. The number of anilines is 1. The molecule has 0 aliphatic heterocycles. The molecule has 2 unspecified atom stereocenters. The van der Waals surface area contributed by atoms with E-state index < -0.39 is 0 Å². The molecule has 0 saturated heterocycles. The Labute approximate surface area is 113 Å². The number of hydrogen-bond acceptors (Lipinski definition) is 4. The summed E-state index contributed by atoms with van der Waals surface area (Å²) in [6, 6.07) is 2.36. The van der Waals surface area contributed by atoms with Crippen LogP contribution >= 0.6 is 0 Å². The summed E-state index contributed by atoms with van der Waals surface area (Å²) < 4.78 is 2.01. The van der Waals surface area contributed by atoms with Gasteiger partial charge in [-0.15, -0.1) is 0 Å². The van der Waals surface area contributed by atoms with Gasteiger partial charge in [0.25, 0.3) is 0 Å². The molecule has 3 rings (SSSR count). The monoisotopic (exact) mass is 259 g/mol. The van der Waals surface area contributed by atoms with Crippen LogP contribution in [0, 0.1) is 5.92 Å². The predicted molar refractivity (Wildman–Crippen MR) is 76.9 cm³/mol. The molecular weight excluding hydrogens is 238 g/mol. The van der Waals surface area contributed by atoms with Crippen molar-refractivity contribution in [1.82, 2.24) is 14.5 Å². The molecule has 2 aromatic heterocycles. The second kappa shape index (κ2) is 5.17. The maximum absolute atomic E-state index is 6.03. The number of nitrogens with two attached hydrogens (primary N) is 1. The topological polar surface area (TPSA) is 68.8 Å². The first-order chi connectivity index (χ1) is 9.24. The highest BCUT2D eigenvalue weighted by molar-refractivity contribution is 5.85. The zero-order valence-electron chi connectivity index (χ0n) is 11.3. The Kier molecular flexibility index (Phi) is 3.38. The van der Waals surface area contributed by atoms with Gasteiger partial charge in [0.05, 0.1) is 11.8 Å². The number of pyridine rings is 1. The molecule has 2 atom stereocenters. The Morgan fingerprint density at radius 1 is 1.42 bits per heavy atom. The largest absolute Gasteiger partial charge is 0.368 e. The first-order valence-corrected chi connectivity index (χ1v) is 6.99. The highest BCUT2D eigenvalue weighted by atomic mass is 15.1. The number of nitrogens with one attached hydrogen (secondary N) is 1. The molecule has 5 heteroatoms. The molecule has 1 fully saturated rings. The van der Waals surface area contributed by atoms with Crippen LogP contribution in [0.25, 0.3) is 11.0 Å². The Morgan fingerprint density at radius 2 is 2.32 bits per heavy atom. The quantitative estimate of drug-likeness (QED) is 0.883. The highest BCUT2D eigenvalue weighted by Crippen LogP contribution is 2.24. The smallest absolute Gasteiger partial charge is 0.154 e. The van der Waals surface area contributed by atoms with Gasteiger partial charge in [0, 0.05) is 25.8 Å². The van der Waals surface area contributed by atoms with E-state index in [1.807, 2.05) is 30.2 Å². The number of aromatic nitrogens is 3. The normalized spacial score (nSPS) is 23.7. The van der Waals surface area contributed by atoms with E-state index in [-0.39, 0.29) is 0 Å². The van der Waals surface area contributed by atoms with E-state index in [0.717, 1.165) is 29.8 Å². The van der Waals surface area contributed by atoms with Crippen molar-refractivity contribution in [3.63, 3.8) is 0 Å². The first-order valence-electron chi connectivity index (χ1n) is 6.99. The third-order valence-electron chi connectivity index (χ3n) is 4.02. The molecule has 0 bridgehead atoms. The van der Waals surface area contributed by atoms with Crippen molar-refractivity contribution in [2.24, 2.45) is 18.7 Å². The summed E-state index contributed by atoms with van der Waals surface area (Å²) in [5.74, 6) is 1.54. The van der Waals surface area contributed by atoms with Gasteiger partial charge in [-0.1, -0.05) is 6.42 Å². The van der Waals surface area contributed by atoms with Gasteiger partial charge in [-0.3, -0.25) is 0 Å². The fraction of sp³-hybridized carbons (Fsp3) is 0.571. The molecule has 1 aliphatic carbocycles. The number of rotatable bonds is 3. The van der Waals surface area contributed by atoms with E-state index >= 15 is 0 Å². The van der Waals surface area contributed by atoms with Crippen molar-refractivity contribution in [2.45, 2.75) is 31.7 Å². The number of aryl methyl sites for hydroxylation is 1. The Bertz CT molecular complexity index is 562. The van der Waals surface area contributed by atoms with Crippen molar-refractivity contribution in [3.05, 3.63) is 18.6 Å². The van der Waals surface area contributed by atoms with Crippen LogP contribution in [0.2, 0.25) is 0 Å². The minimum absolute atomic E-state index is 0.374. The molecule has 2 heterocycles. The van der Waals surface area contributed by atoms with E-state index in [9.17, 15) is 0 Å². The maximum atomic E-state index is 6.03. The van der Waals surface area contributed by atoms with Crippen LogP contribution in [0.5, 0.6) is 0 Å². The number of fused-ring (bicyclic) bond motifs is 1. The van der Waals surface area contributed by atoms with Gasteiger partial charge < -0.3 is 15.6 Å². The molecular formula is C14H21N5. The SMILES string of the molecule is Cn1cnc2c(NCC3CCCC(N)C3)nccc21. The molecule has 0 aromatic carbocycles. The molecule has 0 spiro atoms. The van der Waals surface area contributed by atoms with Crippen LogP contribution in [0.4, 0.5) is 5.82 Å². The fourth-order valence-electron chi connectivity index (χ4n) is 2.95. The zero-order valence-corrected chi connectivity index (χ0v) is 11.3. The van der Waals surface area contributed by atoms with Crippen LogP contribution in [-0.2, 0) is 7.05 Å². The summed E-state index contributed by atoms with van der Waals surface area (Å²) >= 11 is 0. The van der Waals surface area contributed by atoms with Gasteiger partial charge in [0.1, 0.15) is 5.52 Å². The highest BCUT2D eigenvalue weighted by Gasteiger charge is 2.19. The van der Waals surface area contributed by atoms with Gasteiger partial charge in [-0.2, -0.15) is 0 Å². The molecule has 3 N–H and O–H groups in total. The summed E-state index contributed by atoms with van der Waals surface area (Å²) in [6.07, 6.45) is 8.45. The molecule has 102 valence electrons. The molecule has 2 aromatic rings. The van der Waals surface area contributed by atoms with Crippen molar-refractivity contribution in [2.75, 3.05) is 11.9 Å². The van der Waals surface area contributed by atoms with Gasteiger partial charge in [0.15, 0.2) is 5.82 Å². The second-order valence-electron chi connectivity index (χ2n) is 5.56. The third kappa shape index (κ3) is 2.56. The second-order valence-corrected chi connectivity index (χ2v) is 5.56. The molecule has 19 heavy (non-hydrogen) atoms. The zero-order chi connectivity index (χ0) is 13.2. The van der Waals surface area contributed by atoms with Crippen LogP contribution in [-0.4, -0.2) is 27.1 Å². The van der Waals surface area contributed by atoms with E-state index in [0.29, 0.717) is 12.0 Å². The van der Waals surface area contributed by atoms with Crippen LogP contribution < -0.4 is 11.1 Å². The van der Waals surface area contributed by atoms with Crippen molar-refractivity contribution in [1.29, 1.82) is 0 Å². The fourth-order valence-corrected chi connectivity index (χ4v) is 2.95. The Balaban J connectivity index is 1.71. The first kappa shape index (κ1) is 12.4. The van der Waals surface area contributed by atoms with Crippen LogP contribution in [0.15, 0.2) is 18.6 Å². The third-order valence-corrected chi connectivity index (χ3v) is 4.02. The average Bonchev–Trinajstić information content (AvgIpc) is 2.79. The molecule has 1 saturated carbocycles. The summed E-state index contributed by atoms with van der Waals surface area (Å²) in [5, 5.41) is 3.45. The van der Waals surface area contributed by atoms with Gasteiger partial charge in [-0.05, 0) is 31.2 Å². The molecule has 0 amide bonds. The van der Waals surface area contributed by atoms with Crippen molar-refractivity contribution >= 4 is 16.9 Å². The van der Waals surface area contributed by atoms with E-state index in [2.05, 4.69) is 15.3 Å². The lowest BCUT2D eigenvalue weighted by Crippen LogP contribution is -2.31. The summed E-state index contributed by atoms with van der Waals surface area (Å²) in [7, 11) is 2.00. The Hall–Kier alpha value is -1.62. The van der Waals surface area contributed by atoms with Gasteiger partial charge in [0.2, 0.25) is 0 Å². The van der Waals surface area contributed by atoms with E-state index in [1.165, 1.54) is 19.3 Å². The van der Waals surface area contributed by atoms with E-state index in [1.54, 1.807) is 0 Å². The predicted octanol–water partition coefficient (Wildman–Crippen LogP) is 1.90. The number of nitrogens with zero attached hydrogens (tertiary/aromatic N) is 3. The molecule has 0 radical (unpaired) electrons. The maximum Gasteiger partial charge on any atom is 0.154 e. The lowest BCUT2D eigenvalue weighted by molar-refractivity contribution is 0.335. The number of imidazole rings is 1. The molecule has 1 aliphatic rings. The van der Waals surface area contributed by atoms with Crippen molar-refractivity contribution < 1.29 is 0 Å². The van der Waals surface area contributed by atoms with Crippen LogP contribution in [0.3, 0.4) is 0 Å². The minimum Gasteiger partial charge on any atom is -0.368 e. The van der Waals surface area contributed by atoms with Gasteiger partial charge in [-0.25, -0.2) is 9.97 Å². The average molecular weight is 259 g/mol.